The third kappa shape index (κ3) is 3.35. The van der Waals surface area contributed by atoms with Crippen molar-refractivity contribution in [3.05, 3.63) is 28.5 Å². The summed E-state index contributed by atoms with van der Waals surface area (Å²) in [5.41, 5.74) is 0.655. The molecule has 0 aliphatic heterocycles. The monoisotopic (exact) mass is 324 g/mol. The molecule has 1 fully saturated rings. The summed E-state index contributed by atoms with van der Waals surface area (Å²) < 4.78 is 0.633. The lowest BCUT2D eigenvalue weighted by atomic mass is 9.84. The van der Waals surface area contributed by atoms with Crippen molar-refractivity contribution in [2.45, 2.75) is 45.1 Å². The van der Waals surface area contributed by atoms with Gasteiger partial charge in [0.2, 0.25) is 0 Å². The van der Waals surface area contributed by atoms with E-state index in [2.05, 4.69) is 27.8 Å². The predicted octanol–water partition coefficient (Wildman–Crippen LogP) is 3.88. The molecule has 1 amide bonds. The van der Waals surface area contributed by atoms with Gasteiger partial charge >= 0.3 is 0 Å². The second-order valence-electron chi connectivity index (χ2n) is 5.34. The van der Waals surface area contributed by atoms with Crippen molar-refractivity contribution in [3.63, 3.8) is 0 Å². The van der Waals surface area contributed by atoms with Gasteiger partial charge in [0.25, 0.3) is 5.91 Å². The van der Waals surface area contributed by atoms with E-state index in [9.17, 15) is 4.79 Å². The summed E-state index contributed by atoms with van der Waals surface area (Å²) in [6.45, 7) is 2.26. The highest BCUT2D eigenvalue weighted by molar-refractivity contribution is 9.10. The van der Waals surface area contributed by atoms with Gasteiger partial charge in [-0.15, -0.1) is 0 Å². The Labute approximate surface area is 123 Å². The smallest absolute Gasteiger partial charge is 0.256 e. The first-order valence-corrected chi connectivity index (χ1v) is 7.80. The molecule has 1 aromatic heterocycles. The highest BCUT2D eigenvalue weighted by Crippen LogP contribution is 2.30. The van der Waals surface area contributed by atoms with E-state index in [0.29, 0.717) is 16.2 Å². The molecule has 2 rings (SSSR count). The molecule has 0 aromatic carbocycles. The van der Waals surface area contributed by atoms with Crippen LogP contribution in [-0.2, 0) is 0 Å². The molecule has 1 aromatic rings. The van der Waals surface area contributed by atoms with E-state index in [1.165, 1.54) is 19.3 Å². The second-order valence-corrected chi connectivity index (χ2v) is 6.09. The fourth-order valence-corrected chi connectivity index (χ4v) is 3.26. The van der Waals surface area contributed by atoms with E-state index in [1.54, 1.807) is 12.3 Å². The van der Waals surface area contributed by atoms with E-state index in [4.69, 9.17) is 0 Å². The van der Waals surface area contributed by atoms with Crippen molar-refractivity contribution in [1.82, 2.24) is 9.88 Å². The van der Waals surface area contributed by atoms with Gasteiger partial charge in [0.15, 0.2) is 0 Å². The van der Waals surface area contributed by atoms with Gasteiger partial charge in [0.05, 0.1) is 5.56 Å². The van der Waals surface area contributed by atoms with Crippen molar-refractivity contribution in [2.75, 3.05) is 7.05 Å². The predicted molar refractivity (Wildman–Crippen MR) is 80.1 cm³/mol. The molecule has 4 heteroatoms. The molecular weight excluding hydrogens is 304 g/mol. The maximum atomic E-state index is 12.5. The van der Waals surface area contributed by atoms with Crippen molar-refractivity contribution in [1.29, 1.82) is 0 Å². The topological polar surface area (TPSA) is 33.2 Å². The molecule has 0 atom stereocenters. The number of hydrogen-bond acceptors (Lipinski definition) is 2. The Morgan fingerprint density at radius 2 is 2.11 bits per heavy atom. The zero-order valence-corrected chi connectivity index (χ0v) is 13.2. The number of carbonyl (C=O) groups is 1. The summed E-state index contributed by atoms with van der Waals surface area (Å²) in [4.78, 5) is 18.5. The first kappa shape index (κ1) is 14.5. The van der Waals surface area contributed by atoms with Crippen LogP contribution in [0.2, 0.25) is 0 Å². The lowest BCUT2D eigenvalue weighted by molar-refractivity contribution is 0.0673. The van der Waals surface area contributed by atoms with Gasteiger partial charge in [-0.25, -0.2) is 4.98 Å². The van der Waals surface area contributed by atoms with Crippen LogP contribution >= 0.6 is 15.9 Å². The van der Waals surface area contributed by atoms with Gasteiger partial charge in [-0.3, -0.25) is 4.79 Å². The molecule has 1 aliphatic carbocycles. The molecule has 1 aliphatic rings. The average molecular weight is 325 g/mol. The minimum absolute atomic E-state index is 0.0694. The molecule has 19 heavy (non-hydrogen) atoms. The highest BCUT2D eigenvalue weighted by atomic mass is 79.9. The number of hydrogen-bond donors (Lipinski definition) is 0. The van der Waals surface area contributed by atoms with Crippen LogP contribution in [0.3, 0.4) is 0 Å². The van der Waals surface area contributed by atoms with Crippen LogP contribution in [0.5, 0.6) is 0 Å². The molecule has 0 bridgehead atoms. The Bertz CT molecular complexity index is 442. The molecule has 0 unspecified atom stereocenters. The van der Waals surface area contributed by atoms with Gasteiger partial charge in [0.1, 0.15) is 4.60 Å². The molecule has 0 spiro atoms. The number of carbonyl (C=O) groups excluding carboxylic acids is 1. The molecule has 1 heterocycles. The third-order valence-electron chi connectivity index (χ3n) is 4.25. The molecular formula is C15H21BrN2O. The quantitative estimate of drug-likeness (QED) is 0.790. The van der Waals surface area contributed by atoms with Crippen LogP contribution in [0.25, 0.3) is 0 Å². The maximum absolute atomic E-state index is 12.5. The molecule has 0 radical (unpaired) electrons. The summed E-state index contributed by atoms with van der Waals surface area (Å²) in [6.07, 6.45) is 7.68. The first-order chi connectivity index (χ1) is 9.13. The van der Waals surface area contributed by atoms with E-state index in [-0.39, 0.29) is 5.91 Å². The average Bonchev–Trinajstić information content (AvgIpc) is 2.46. The number of nitrogens with zero attached hydrogens (tertiary/aromatic N) is 2. The van der Waals surface area contributed by atoms with Gasteiger partial charge < -0.3 is 4.90 Å². The van der Waals surface area contributed by atoms with Gasteiger partial charge in [-0.2, -0.15) is 0 Å². The molecule has 104 valence electrons. The van der Waals surface area contributed by atoms with Crippen LogP contribution in [-0.4, -0.2) is 28.9 Å². The third-order valence-corrected chi connectivity index (χ3v) is 4.88. The fourth-order valence-electron chi connectivity index (χ4n) is 2.84. The van der Waals surface area contributed by atoms with Crippen LogP contribution in [0, 0.1) is 5.92 Å². The lowest BCUT2D eigenvalue weighted by Gasteiger charge is -2.34. The molecule has 0 N–H and O–H groups in total. The van der Waals surface area contributed by atoms with Crippen molar-refractivity contribution in [3.8, 4) is 0 Å². The summed E-state index contributed by atoms with van der Waals surface area (Å²) in [5, 5.41) is 0. The Balaban J connectivity index is 2.02. The van der Waals surface area contributed by atoms with Gasteiger partial charge in [0, 0.05) is 19.3 Å². The van der Waals surface area contributed by atoms with Crippen molar-refractivity contribution >= 4 is 21.8 Å². The zero-order valence-electron chi connectivity index (χ0n) is 11.6. The highest BCUT2D eigenvalue weighted by Gasteiger charge is 2.27. The van der Waals surface area contributed by atoms with E-state index in [0.717, 1.165) is 18.8 Å². The Morgan fingerprint density at radius 1 is 1.42 bits per heavy atom. The van der Waals surface area contributed by atoms with Crippen LogP contribution in [0.15, 0.2) is 22.9 Å². The van der Waals surface area contributed by atoms with Crippen LogP contribution < -0.4 is 0 Å². The Kier molecular flexibility index (Phi) is 4.97. The number of rotatable bonds is 3. The van der Waals surface area contributed by atoms with Crippen molar-refractivity contribution < 1.29 is 4.79 Å². The van der Waals surface area contributed by atoms with Crippen LogP contribution in [0.1, 0.15) is 49.4 Å². The fraction of sp³-hybridized carbons (Fsp3) is 0.600. The van der Waals surface area contributed by atoms with E-state index in [1.807, 2.05) is 18.0 Å². The van der Waals surface area contributed by atoms with Gasteiger partial charge in [-0.1, -0.05) is 13.3 Å². The molecule has 1 saturated carbocycles. The first-order valence-electron chi connectivity index (χ1n) is 7.01. The number of pyridine rings is 1. The number of amides is 1. The van der Waals surface area contributed by atoms with Gasteiger partial charge in [-0.05, 0) is 59.7 Å². The van der Waals surface area contributed by atoms with E-state index < -0.39 is 0 Å². The summed E-state index contributed by atoms with van der Waals surface area (Å²) >= 11 is 3.35. The molecule has 0 saturated heterocycles. The minimum atomic E-state index is 0.0694. The summed E-state index contributed by atoms with van der Waals surface area (Å²) in [7, 11) is 1.92. The summed E-state index contributed by atoms with van der Waals surface area (Å²) in [6, 6.07) is 4.01. The molecule has 3 nitrogen and oxygen atoms in total. The minimum Gasteiger partial charge on any atom is -0.339 e. The standard InChI is InChI=1S/C15H21BrN2O/c1-3-11-6-8-12(9-7-11)18(2)15(19)13-5-4-10-17-14(13)16/h4-5,10-12H,3,6-9H2,1-2H3. The largest absolute Gasteiger partial charge is 0.339 e. The van der Waals surface area contributed by atoms with E-state index >= 15 is 0 Å². The summed E-state index contributed by atoms with van der Waals surface area (Å²) in [5.74, 6) is 0.921. The van der Waals surface area contributed by atoms with Crippen LogP contribution in [0.4, 0.5) is 0 Å². The maximum Gasteiger partial charge on any atom is 0.256 e. The number of halogens is 1. The number of aromatic nitrogens is 1. The Hall–Kier alpha value is -0.900. The normalized spacial score (nSPS) is 23.1. The zero-order chi connectivity index (χ0) is 13.8. The SMILES string of the molecule is CCC1CCC(N(C)C(=O)c2cccnc2Br)CC1. The van der Waals surface area contributed by atoms with Crippen molar-refractivity contribution in [2.24, 2.45) is 5.92 Å². The second kappa shape index (κ2) is 6.51. The lowest BCUT2D eigenvalue weighted by Crippen LogP contribution is -2.39. The Morgan fingerprint density at radius 3 is 2.68 bits per heavy atom.